The Labute approximate surface area is 137 Å². The molecule has 1 fully saturated rings. The van der Waals surface area contributed by atoms with Crippen molar-refractivity contribution >= 4 is 28.8 Å². The monoisotopic (exact) mass is 340 g/mol. The number of carbonyl (C=O) groups excluding carboxylic acids is 1. The van der Waals surface area contributed by atoms with Crippen LogP contribution in [0.5, 0.6) is 0 Å². The van der Waals surface area contributed by atoms with Crippen LogP contribution in [0.25, 0.3) is 0 Å². The molecule has 1 N–H and O–H groups in total. The van der Waals surface area contributed by atoms with Crippen molar-refractivity contribution in [1.29, 1.82) is 0 Å². The first kappa shape index (κ1) is 15.5. The van der Waals surface area contributed by atoms with Gasteiger partial charge in [-0.3, -0.25) is 9.89 Å². The van der Waals surface area contributed by atoms with Crippen LogP contribution in [-0.4, -0.2) is 45.7 Å². The van der Waals surface area contributed by atoms with Gasteiger partial charge in [0.1, 0.15) is 11.9 Å². The number of aromatic amines is 1. The zero-order chi connectivity index (χ0) is 15.5. The van der Waals surface area contributed by atoms with Crippen LogP contribution in [0.15, 0.2) is 12.1 Å². The van der Waals surface area contributed by atoms with E-state index in [1.807, 2.05) is 24.0 Å². The van der Waals surface area contributed by atoms with Gasteiger partial charge in [0.15, 0.2) is 5.82 Å². The van der Waals surface area contributed by atoms with Gasteiger partial charge in [-0.25, -0.2) is 4.98 Å². The number of hydrogen-bond donors (Lipinski definition) is 1. The number of aryl methyl sites for hydroxylation is 2. The van der Waals surface area contributed by atoms with E-state index in [1.54, 1.807) is 0 Å². The first-order chi connectivity index (χ1) is 10.6. The Morgan fingerprint density at radius 1 is 1.59 bits per heavy atom. The van der Waals surface area contributed by atoms with Gasteiger partial charge in [-0.15, -0.1) is 11.3 Å². The average Bonchev–Trinajstić information content (AvgIpc) is 3.13. The number of nitrogens with zero attached hydrogens (tertiary/aromatic N) is 3. The molecule has 3 heterocycles. The van der Waals surface area contributed by atoms with Gasteiger partial charge in [0.2, 0.25) is 5.91 Å². The molecule has 0 spiro atoms. The van der Waals surface area contributed by atoms with Gasteiger partial charge >= 0.3 is 0 Å². The number of hydrogen-bond acceptors (Lipinski definition) is 5. The van der Waals surface area contributed by atoms with Gasteiger partial charge in [-0.05, 0) is 25.5 Å². The second-order valence-corrected chi connectivity index (χ2v) is 6.98. The van der Waals surface area contributed by atoms with Gasteiger partial charge in [-0.1, -0.05) is 11.6 Å². The molecule has 1 atom stereocenters. The van der Waals surface area contributed by atoms with E-state index in [9.17, 15) is 4.79 Å². The maximum atomic E-state index is 12.4. The maximum absolute atomic E-state index is 12.4. The Balaban J connectivity index is 1.55. The van der Waals surface area contributed by atoms with Crippen LogP contribution in [0.1, 0.15) is 29.1 Å². The van der Waals surface area contributed by atoms with Gasteiger partial charge in [0.05, 0.1) is 17.5 Å². The normalized spacial score (nSPS) is 18.6. The summed E-state index contributed by atoms with van der Waals surface area (Å²) in [6.07, 6.45) is 0.952. The lowest BCUT2D eigenvalue weighted by Gasteiger charge is -2.31. The first-order valence-electron chi connectivity index (χ1n) is 7.14. The van der Waals surface area contributed by atoms with Crippen LogP contribution >= 0.6 is 22.9 Å². The standard InChI is InChI=1S/C14H17ClN4O2S/c1-9-16-14(18-17-9)11-8-19(6-7-21-11)13(20)5-3-10-2-4-12(15)22-10/h2,4,11H,3,5-8H2,1H3,(H,16,17,18). The third-order valence-electron chi connectivity index (χ3n) is 3.54. The van der Waals surface area contributed by atoms with Gasteiger partial charge < -0.3 is 9.64 Å². The fraction of sp³-hybridized carbons (Fsp3) is 0.500. The molecule has 1 unspecified atom stereocenters. The number of aromatic nitrogens is 3. The number of halogens is 1. The largest absolute Gasteiger partial charge is 0.366 e. The van der Waals surface area contributed by atoms with Crippen LogP contribution in [0.4, 0.5) is 0 Å². The molecule has 1 saturated heterocycles. The van der Waals surface area contributed by atoms with E-state index in [4.69, 9.17) is 16.3 Å². The number of morpholine rings is 1. The molecule has 0 saturated carbocycles. The molecule has 3 rings (SSSR count). The van der Waals surface area contributed by atoms with Gasteiger partial charge in [-0.2, -0.15) is 5.10 Å². The van der Waals surface area contributed by atoms with Crippen LogP contribution in [0, 0.1) is 6.92 Å². The fourth-order valence-corrected chi connectivity index (χ4v) is 3.50. The summed E-state index contributed by atoms with van der Waals surface area (Å²) in [6, 6.07) is 3.83. The minimum Gasteiger partial charge on any atom is -0.366 e. The van der Waals surface area contributed by atoms with Crippen molar-refractivity contribution < 1.29 is 9.53 Å². The summed E-state index contributed by atoms with van der Waals surface area (Å²) < 4.78 is 6.43. The Bertz CT molecular complexity index is 657. The summed E-state index contributed by atoms with van der Waals surface area (Å²) >= 11 is 7.43. The summed E-state index contributed by atoms with van der Waals surface area (Å²) in [7, 11) is 0. The van der Waals surface area contributed by atoms with Crippen molar-refractivity contribution in [3.05, 3.63) is 33.0 Å². The molecular weight excluding hydrogens is 324 g/mol. The number of nitrogens with one attached hydrogen (secondary N) is 1. The summed E-state index contributed by atoms with van der Waals surface area (Å²) in [5.74, 6) is 1.49. The molecule has 1 aliphatic heterocycles. The first-order valence-corrected chi connectivity index (χ1v) is 8.34. The van der Waals surface area contributed by atoms with Crippen LogP contribution in [0.3, 0.4) is 0 Å². The van der Waals surface area contributed by atoms with Crippen molar-refractivity contribution in [2.45, 2.75) is 25.9 Å². The lowest BCUT2D eigenvalue weighted by atomic mass is 10.2. The van der Waals surface area contributed by atoms with Gasteiger partial charge in [0.25, 0.3) is 0 Å². The Kier molecular flexibility index (Phi) is 4.75. The molecular formula is C14H17ClN4O2S. The molecule has 0 aromatic carbocycles. The third kappa shape index (κ3) is 3.66. The van der Waals surface area contributed by atoms with Crippen molar-refractivity contribution in [2.75, 3.05) is 19.7 Å². The molecule has 0 bridgehead atoms. The minimum atomic E-state index is -0.251. The Morgan fingerprint density at radius 3 is 3.14 bits per heavy atom. The fourth-order valence-electron chi connectivity index (χ4n) is 2.41. The van der Waals surface area contributed by atoms with E-state index in [0.717, 1.165) is 21.5 Å². The summed E-state index contributed by atoms with van der Waals surface area (Å²) in [6.45, 7) is 3.47. The second kappa shape index (κ2) is 6.76. The summed E-state index contributed by atoms with van der Waals surface area (Å²) in [5, 5.41) is 6.92. The Morgan fingerprint density at radius 2 is 2.45 bits per heavy atom. The molecule has 1 aliphatic rings. The molecule has 0 radical (unpaired) electrons. The van der Waals surface area contributed by atoms with Gasteiger partial charge in [0, 0.05) is 17.8 Å². The molecule has 22 heavy (non-hydrogen) atoms. The maximum Gasteiger partial charge on any atom is 0.223 e. The number of ether oxygens (including phenoxy) is 1. The highest BCUT2D eigenvalue weighted by Gasteiger charge is 2.27. The predicted octanol–water partition coefficient (Wildman–Crippen LogP) is 2.36. The number of amides is 1. The van der Waals surface area contributed by atoms with E-state index in [-0.39, 0.29) is 12.0 Å². The number of thiophene rings is 1. The van der Waals surface area contributed by atoms with Crippen molar-refractivity contribution in [3.63, 3.8) is 0 Å². The molecule has 118 valence electrons. The van der Waals surface area contributed by atoms with E-state index in [1.165, 1.54) is 11.3 Å². The Hall–Kier alpha value is -1.44. The topological polar surface area (TPSA) is 71.1 Å². The molecule has 0 aliphatic carbocycles. The molecule has 1 amide bonds. The van der Waals surface area contributed by atoms with E-state index < -0.39 is 0 Å². The zero-order valence-electron chi connectivity index (χ0n) is 12.2. The van der Waals surface area contributed by atoms with Crippen molar-refractivity contribution in [2.24, 2.45) is 0 Å². The number of rotatable bonds is 4. The third-order valence-corrected chi connectivity index (χ3v) is 4.83. The summed E-state index contributed by atoms with van der Waals surface area (Å²) in [5.41, 5.74) is 0. The van der Waals surface area contributed by atoms with Crippen LogP contribution in [-0.2, 0) is 16.0 Å². The van der Waals surface area contributed by atoms with Crippen molar-refractivity contribution in [3.8, 4) is 0 Å². The number of H-pyrrole nitrogens is 1. The van der Waals surface area contributed by atoms with Crippen molar-refractivity contribution in [1.82, 2.24) is 20.1 Å². The molecule has 2 aromatic rings. The number of carbonyl (C=O) groups is 1. The highest BCUT2D eigenvalue weighted by Crippen LogP contribution is 2.24. The zero-order valence-corrected chi connectivity index (χ0v) is 13.8. The molecule has 2 aromatic heterocycles. The van der Waals surface area contributed by atoms with E-state index >= 15 is 0 Å². The quantitative estimate of drug-likeness (QED) is 0.927. The predicted molar refractivity (Wildman–Crippen MR) is 84.0 cm³/mol. The smallest absolute Gasteiger partial charge is 0.223 e. The highest BCUT2D eigenvalue weighted by molar-refractivity contribution is 7.16. The van der Waals surface area contributed by atoms with Crippen LogP contribution < -0.4 is 0 Å². The van der Waals surface area contributed by atoms with E-state index in [0.29, 0.717) is 31.9 Å². The second-order valence-electron chi connectivity index (χ2n) is 5.18. The van der Waals surface area contributed by atoms with Crippen LogP contribution in [0.2, 0.25) is 4.34 Å². The highest BCUT2D eigenvalue weighted by atomic mass is 35.5. The SMILES string of the molecule is Cc1nc(C2CN(C(=O)CCc3ccc(Cl)s3)CCO2)n[nH]1. The molecule has 8 heteroatoms. The minimum absolute atomic E-state index is 0.130. The summed E-state index contributed by atoms with van der Waals surface area (Å²) in [4.78, 5) is 19.6. The lowest BCUT2D eigenvalue weighted by molar-refractivity contribution is -0.139. The van der Waals surface area contributed by atoms with E-state index in [2.05, 4.69) is 15.2 Å². The molecule has 6 nitrogen and oxygen atoms in total. The lowest BCUT2D eigenvalue weighted by Crippen LogP contribution is -2.42. The average molecular weight is 341 g/mol.